The number of anilines is 2. The molecule has 100 valence electrons. The van der Waals surface area contributed by atoms with Gasteiger partial charge in [0.1, 0.15) is 5.82 Å². The molecule has 3 N–H and O–H groups in total. The number of pyridine rings is 1. The van der Waals surface area contributed by atoms with E-state index in [1.54, 1.807) is 12.3 Å². The van der Waals surface area contributed by atoms with Gasteiger partial charge in [-0.2, -0.15) is 0 Å². The van der Waals surface area contributed by atoms with E-state index in [2.05, 4.69) is 15.6 Å². The van der Waals surface area contributed by atoms with Crippen LogP contribution in [0.3, 0.4) is 0 Å². The smallest absolute Gasteiger partial charge is 0.320 e. The summed E-state index contributed by atoms with van der Waals surface area (Å²) in [6.07, 6.45) is 2.31. The minimum Gasteiger partial charge on any atom is -0.394 e. The fraction of sp³-hybridized carbons (Fsp3) is 0.500. The highest BCUT2D eigenvalue weighted by Gasteiger charge is 2.09. The van der Waals surface area contributed by atoms with E-state index < -0.39 is 0 Å². The Morgan fingerprint density at radius 3 is 2.83 bits per heavy atom. The van der Waals surface area contributed by atoms with E-state index in [4.69, 9.17) is 5.11 Å². The van der Waals surface area contributed by atoms with Crippen LogP contribution < -0.4 is 15.5 Å². The van der Waals surface area contributed by atoms with Gasteiger partial charge >= 0.3 is 6.03 Å². The number of amides is 2. The molecule has 6 heteroatoms. The van der Waals surface area contributed by atoms with E-state index in [1.165, 1.54) is 0 Å². The Morgan fingerprint density at radius 2 is 2.28 bits per heavy atom. The fourth-order valence-electron chi connectivity index (χ4n) is 1.38. The number of aliphatic hydroxyl groups excluding tert-OH is 1. The lowest BCUT2D eigenvalue weighted by Gasteiger charge is -2.16. The Kier molecular flexibility index (Phi) is 5.38. The Balaban J connectivity index is 2.61. The van der Waals surface area contributed by atoms with E-state index in [-0.39, 0.29) is 18.7 Å². The fourth-order valence-corrected chi connectivity index (χ4v) is 1.38. The first-order chi connectivity index (χ1) is 8.56. The van der Waals surface area contributed by atoms with Crippen molar-refractivity contribution >= 4 is 17.5 Å². The molecule has 0 radical (unpaired) electrons. The molecule has 18 heavy (non-hydrogen) atoms. The minimum atomic E-state index is -0.362. The van der Waals surface area contributed by atoms with Gasteiger partial charge in [0.05, 0.1) is 12.6 Å². The number of aliphatic hydroxyl groups is 1. The van der Waals surface area contributed by atoms with Crippen LogP contribution in [0, 0.1) is 0 Å². The van der Waals surface area contributed by atoms with Crippen LogP contribution in [-0.4, -0.2) is 42.9 Å². The number of hydrogen-bond acceptors (Lipinski definition) is 4. The molecule has 6 nitrogen and oxygen atoms in total. The van der Waals surface area contributed by atoms with Gasteiger partial charge in [-0.25, -0.2) is 9.78 Å². The van der Waals surface area contributed by atoms with Crippen molar-refractivity contribution in [1.82, 2.24) is 10.3 Å². The van der Waals surface area contributed by atoms with Crippen LogP contribution in [0.1, 0.15) is 13.3 Å². The van der Waals surface area contributed by atoms with Crippen molar-refractivity contribution in [2.45, 2.75) is 19.4 Å². The second kappa shape index (κ2) is 6.80. The second-order valence-corrected chi connectivity index (χ2v) is 4.18. The van der Waals surface area contributed by atoms with Crippen LogP contribution in [0.5, 0.6) is 0 Å². The number of aromatic nitrogens is 1. The minimum absolute atomic E-state index is 0.0743. The average molecular weight is 252 g/mol. The zero-order valence-corrected chi connectivity index (χ0v) is 11.0. The van der Waals surface area contributed by atoms with Crippen LogP contribution in [-0.2, 0) is 0 Å². The number of nitrogens with one attached hydrogen (secondary N) is 2. The number of carbonyl (C=O) groups is 1. The third kappa shape index (κ3) is 4.21. The average Bonchev–Trinajstić information content (AvgIpc) is 2.36. The highest BCUT2D eigenvalue weighted by atomic mass is 16.3. The van der Waals surface area contributed by atoms with Crippen molar-refractivity contribution in [3.63, 3.8) is 0 Å². The maximum absolute atomic E-state index is 11.6. The van der Waals surface area contributed by atoms with Gasteiger partial charge in [0.25, 0.3) is 0 Å². The molecule has 0 aromatic carbocycles. The molecule has 0 saturated heterocycles. The Morgan fingerprint density at radius 1 is 1.56 bits per heavy atom. The molecule has 0 fully saturated rings. The number of nitrogens with zero attached hydrogens (tertiary/aromatic N) is 2. The molecule has 1 aromatic rings. The lowest BCUT2D eigenvalue weighted by atomic mass is 10.2. The van der Waals surface area contributed by atoms with Gasteiger partial charge in [0.2, 0.25) is 0 Å². The number of carbonyl (C=O) groups excluding carboxylic acids is 1. The first-order valence-electron chi connectivity index (χ1n) is 5.88. The quantitative estimate of drug-likeness (QED) is 0.731. The predicted molar refractivity (Wildman–Crippen MR) is 71.9 cm³/mol. The van der Waals surface area contributed by atoms with Gasteiger partial charge in [0, 0.05) is 32.0 Å². The van der Waals surface area contributed by atoms with Crippen molar-refractivity contribution < 1.29 is 9.90 Å². The zero-order chi connectivity index (χ0) is 13.5. The SMILES string of the molecule is CCC(CO)NC(=O)Nc1cc(N(C)C)ccn1. The second-order valence-electron chi connectivity index (χ2n) is 4.18. The summed E-state index contributed by atoms with van der Waals surface area (Å²) in [6.45, 7) is 1.82. The van der Waals surface area contributed by atoms with Gasteiger partial charge < -0.3 is 15.3 Å². The van der Waals surface area contributed by atoms with Gasteiger partial charge in [-0.05, 0) is 12.5 Å². The summed E-state index contributed by atoms with van der Waals surface area (Å²) in [5, 5.41) is 14.3. The van der Waals surface area contributed by atoms with Crippen molar-refractivity contribution in [1.29, 1.82) is 0 Å². The van der Waals surface area contributed by atoms with Crippen LogP contribution >= 0.6 is 0 Å². The number of hydrogen-bond donors (Lipinski definition) is 3. The molecule has 1 unspecified atom stereocenters. The molecule has 0 aliphatic carbocycles. The standard InChI is InChI=1S/C12H20N4O2/c1-4-9(8-17)14-12(18)15-11-7-10(16(2)3)5-6-13-11/h5-7,9,17H,4,8H2,1-3H3,(H2,13,14,15,18). The van der Waals surface area contributed by atoms with Crippen LogP contribution in [0.25, 0.3) is 0 Å². The predicted octanol–water partition coefficient (Wildman–Crippen LogP) is 1.04. The molecule has 0 aliphatic rings. The molecule has 1 aromatic heterocycles. The maximum Gasteiger partial charge on any atom is 0.320 e. The molecule has 0 aliphatic heterocycles. The van der Waals surface area contributed by atoms with E-state index in [0.717, 1.165) is 5.69 Å². The van der Waals surface area contributed by atoms with Crippen LogP contribution in [0.15, 0.2) is 18.3 Å². The lowest BCUT2D eigenvalue weighted by Crippen LogP contribution is -2.39. The van der Waals surface area contributed by atoms with E-state index in [9.17, 15) is 4.79 Å². The lowest BCUT2D eigenvalue weighted by molar-refractivity contribution is 0.222. The van der Waals surface area contributed by atoms with Crippen molar-refractivity contribution in [3.8, 4) is 0 Å². The van der Waals surface area contributed by atoms with Gasteiger partial charge in [-0.15, -0.1) is 0 Å². The van der Waals surface area contributed by atoms with Crippen LogP contribution in [0.2, 0.25) is 0 Å². The molecule has 1 rings (SSSR count). The molecule has 0 spiro atoms. The Bertz CT molecular complexity index is 391. The van der Waals surface area contributed by atoms with Crippen molar-refractivity contribution in [2.24, 2.45) is 0 Å². The summed E-state index contributed by atoms with van der Waals surface area (Å²) in [6, 6.07) is 3.03. The summed E-state index contributed by atoms with van der Waals surface area (Å²) in [4.78, 5) is 17.6. The normalized spacial score (nSPS) is 11.8. The third-order valence-electron chi connectivity index (χ3n) is 2.55. The molecule has 0 bridgehead atoms. The van der Waals surface area contributed by atoms with E-state index >= 15 is 0 Å². The molecule has 2 amide bonds. The van der Waals surface area contributed by atoms with Crippen molar-refractivity contribution in [2.75, 3.05) is 30.9 Å². The number of rotatable bonds is 5. The van der Waals surface area contributed by atoms with E-state index in [1.807, 2.05) is 32.0 Å². The number of urea groups is 1. The summed E-state index contributed by atoms with van der Waals surface area (Å²) < 4.78 is 0. The molecule has 1 heterocycles. The molecular weight excluding hydrogens is 232 g/mol. The summed E-state index contributed by atoms with van der Waals surface area (Å²) in [5.74, 6) is 0.478. The summed E-state index contributed by atoms with van der Waals surface area (Å²) in [5.41, 5.74) is 0.953. The van der Waals surface area contributed by atoms with Crippen LogP contribution in [0.4, 0.5) is 16.3 Å². The first kappa shape index (κ1) is 14.2. The zero-order valence-electron chi connectivity index (χ0n) is 11.0. The Hall–Kier alpha value is -1.82. The van der Waals surface area contributed by atoms with Crippen molar-refractivity contribution in [3.05, 3.63) is 18.3 Å². The van der Waals surface area contributed by atoms with Gasteiger partial charge in [-0.1, -0.05) is 6.92 Å². The van der Waals surface area contributed by atoms with E-state index in [0.29, 0.717) is 12.2 Å². The highest BCUT2D eigenvalue weighted by molar-refractivity contribution is 5.88. The summed E-state index contributed by atoms with van der Waals surface area (Å²) >= 11 is 0. The maximum atomic E-state index is 11.6. The molecular formula is C12H20N4O2. The summed E-state index contributed by atoms with van der Waals surface area (Å²) in [7, 11) is 3.83. The third-order valence-corrected chi connectivity index (χ3v) is 2.55. The first-order valence-corrected chi connectivity index (χ1v) is 5.88. The molecule has 0 saturated carbocycles. The van der Waals surface area contributed by atoms with Gasteiger partial charge in [0.15, 0.2) is 0 Å². The van der Waals surface area contributed by atoms with Gasteiger partial charge in [-0.3, -0.25) is 5.32 Å². The molecule has 1 atom stereocenters. The monoisotopic (exact) mass is 252 g/mol. The Labute approximate surface area is 107 Å². The topological polar surface area (TPSA) is 77.5 Å². The largest absolute Gasteiger partial charge is 0.394 e. The highest BCUT2D eigenvalue weighted by Crippen LogP contribution is 2.14.